The highest BCUT2D eigenvalue weighted by molar-refractivity contribution is 6.08. The van der Waals surface area contributed by atoms with Crippen LogP contribution in [0.5, 0.6) is 0 Å². The summed E-state index contributed by atoms with van der Waals surface area (Å²) in [6, 6.07) is 8.98. The SMILES string of the molecule is CC(C)CNC(=O)COC(=O)CN1C(=O)N[C@@](C)(CCc2ccccc2)C1=O. The first-order valence-electron chi connectivity index (χ1n) is 9.31. The second-order valence-corrected chi connectivity index (χ2v) is 7.50. The van der Waals surface area contributed by atoms with Gasteiger partial charge in [-0.15, -0.1) is 0 Å². The van der Waals surface area contributed by atoms with Crippen LogP contribution >= 0.6 is 0 Å². The Bertz CT molecular complexity index is 735. The van der Waals surface area contributed by atoms with Crippen LogP contribution in [0.1, 0.15) is 32.8 Å². The third-order valence-electron chi connectivity index (χ3n) is 4.46. The molecule has 0 bridgehead atoms. The Balaban J connectivity index is 1.85. The van der Waals surface area contributed by atoms with E-state index >= 15 is 0 Å². The summed E-state index contributed by atoms with van der Waals surface area (Å²) in [6.45, 7) is 5.03. The summed E-state index contributed by atoms with van der Waals surface area (Å²) in [5.74, 6) is -1.43. The molecule has 1 aliphatic rings. The Morgan fingerprint density at radius 3 is 2.54 bits per heavy atom. The molecule has 1 fully saturated rings. The van der Waals surface area contributed by atoms with Crippen molar-refractivity contribution in [3.05, 3.63) is 35.9 Å². The fourth-order valence-electron chi connectivity index (χ4n) is 2.79. The first-order valence-corrected chi connectivity index (χ1v) is 9.31. The molecule has 1 heterocycles. The van der Waals surface area contributed by atoms with Gasteiger partial charge in [0.25, 0.3) is 11.8 Å². The Hall–Kier alpha value is -2.90. The van der Waals surface area contributed by atoms with Crippen LogP contribution in [0.4, 0.5) is 4.79 Å². The molecule has 4 amide bonds. The number of imide groups is 1. The molecule has 0 unspecified atom stereocenters. The van der Waals surface area contributed by atoms with E-state index in [0.717, 1.165) is 10.5 Å². The van der Waals surface area contributed by atoms with Crippen molar-refractivity contribution < 1.29 is 23.9 Å². The zero-order chi connectivity index (χ0) is 20.7. The molecule has 28 heavy (non-hydrogen) atoms. The van der Waals surface area contributed by atoms with Crippen molar-refractivity contribution in [3.8, 4) is 0 Å². The molecule has 1 aromatic rings. The van der Waals surface area contributed by atoms with Gasteiger partial charge in [0.15, 0.2) is 6.61 Å². The topological polar surface area (TPSA) is 105 Å². The number of amides is 4. The summed E-state index contributed by atoms with van der Waals surface area (Å²) in [6.07, 6.45) is 1.02. The average molecular weight is 389 g/mol. The van der Waals surface area contributed by atoms with Crippen LogP contribution in [0, 0.1) is 5.92 Å². The van der Waals surface area contributed by atoms with Crippen LogP contribution in [-0.2, 0) is 25.5 Å². The van der Waals surface area contributed by atoms with Gasteiger partial charge in [-0.2, -0.15) is 0 Å². The number of hydrogen-bond acceptors (Lipinski definition) is 5. The Morgan fingerprint density at radius 1 is 1.21 bits per heavy atom. The van der Waals surface area contributed by atoms with Gasteiger partial charge in [0.05, 0.1) is 0 Å². The molecular weight excluding hydrogens is 362 g/mol. The van der Waals surface area contributed by atoms with E-state index in [0.29, 0.717) is 19.4 Å². The summed E-state index contributed by atoms with van der Waals surface area (Å²) < 4.78 is 4.87. The van der Waals surface area contributed by atoms with Crippen molar-refractivity contribution in [3.63, 3.8) is 0 Å². The monoisotopic (exact) mass is 389 g/mol. The summed E-state index contributed by atoms with van der Waals surface area (Å²) >= 11 is 0. The summed E-state index contributed by atoms with van der Waals surface area (Å²) in [4.78, 5) is 49.2. The number of carbonyl (C=O) groups is 4. The van der Waals surface area contributed by atoms with Gasteiger partial charge >= 0.3 is 12.0 Å². The van der Waals surface area contributed by atoms with Gasteiger partial charge in [-0.1, -0.05) is 44.2 Å². The fraction of sp³-hybridized carbons (Fsp3) is 0.500. The lowest BCUT2D eigenvalue weighted by molar-refractivity contribution is -0.151. The maximum Gasteiger partial charge on any atom is 0.326 e. The Labute approximate surface area is 164 Å². The largest absolute Gasteiger partial charge is 0.454 e. The molecule has 1 atom stereocenters. The predicted octanol–water partition coefficient (Wildman–Crippen LogP) is 1.25. The number of rotatable bonds is 9. The van der Waals surface area contributed by atoms with Crippen LogP contribution in [0.3, 0.4) is 0 Å². The quantitative estimate of drug-likeness (QED) is 0.488. The highest BCUT2D eigenvalue weighted by Gasteiger charge is 2.48. The standard InChI is InChI=1S/C20H27N3O5/c1-14(2)11-21-16(24)13-28-17(25)12-23-18(26)20(3,22-19(23)27)10-9-15-7-5-4-6-8-15/h4-8,14H,9-13H2,1-3H3,(H,21,24)(H,22,27)/t20-/m0/s1. The van der Waals surface area contributed by atoms with Gasteiger partial charge in [-0.25, -0.2) is 4.79 Å². The van der Waals surface area contributed by atoms with Crippen LogP contribution in [0.2, 0.25) is 0 Å². The van der Waals surface area contributed by atoms with Gasteiger partial charge in [-0.3, -0.25) is 19.3 Å². The van der Waals surface area contributed by atoms with Crippen molar-refractivity contribution in [2.75, 3.05) is 19.7 Å². The molecule has 8 heteroatoms. The van der Waals surface area contributed by atoms with E-state index in [2.05, 4.69) is 10.6 Å². The van der Waals surface area contributed by atoms with Crippen molar-refractivity contribution in [1.29, 1.82) is 0 Å². The van der Waals surface area contributed by atoms with E-state index in [1.807, 2.05) is 44.2 Å². The Morgan fingerprint density at radius 2 is 1.89 bits per heavy atom. The molecular formula is C20H27N3O5. The molecule has 2 rings (SSSR count). The number of esters is 1. The van der Waals surface area contributed by atoms with E-state index in [4.69, 9.17) is 4.74 Å². The second kappa shape index (κ2) is 9.34. The zero-order valence-corrected chi connectivity index (χ0v) is 16.5. The molecule has 0 aromatic heterocycles. The third-order valence-corrected chi connectivity index (χ3v) is 4.46. The van der Waals surface area contributed by atoms with Gasteiger partial charge < -0.3 is 15.4 Å². The normalized spacial score (nSPS) is 18.9. The van der Waals surface area contributed by atoms with Crippen molar-refractivity contribution in [2.45, 2.75) is 39.2 Å². The molecule has 0 spiro atoms. The van der Waals surface area contributed by atoms with Crippen LogP contribution in [-0.4, -0.2) is 54.0 Å². The molecule has 152 valence electrons. The third kappa shape index (κ3) is 5.80. The maximum absolute atomic E-state index is 12.7. The summed E-state index contributed by atoms with van der Waals surface area (Å²) in [5, 5.41) is 5.27. The average Bonchev–Trinajstić information content (AvgIpc) is 2.87. The summed E-state index contributed by atoms with van der Waals surface area (Å²) in [5.41, 5.74) is -0.0296. The smallest absolute Gasteiger partial charge is 0.326 e. The first kappa shape index (κ1) is 21.4. The van der Waals surface area contributed by atoms with Crippen LogP contribution in [0.25, 0.3) is 0 Å². The first-order chi connectivity index (χ1) is 13.2. The highest BCUT2D eigenvalue weighted by Crippen LogP contribution is 2.23. The minimum Gasteiger partial charge on any atom is -0.454 e. The van der Waals surface area contributed by atoms with Crippen molar-refractivity contribution >= 4 is 23.8 Å². The van der Waals surface area contributed by atoms with E-state index < -0.39 is 42.5 Å². The number of nitrogens with one attached hydrogen (secondary N) is 2. The Kier molecular flexibility index (Phi) is 7.14. The second-order valence-electron chi connectivity index (χ2n) is 7.50. The number of hydrogen-bond donors (Lipinski definition) is 2. The van der Waals surface area contributed by atoms with E-state index in [9.17, 15) is 19.2 Å². The van der Waals surface area contributed by atoms with Crippen LogP contribution < -0.4 is 10.6 Å². The molecule has 0 saturated carbocycles. The van der Waals surface area contributed by atoms with Gasteiger partial charge in [0, 0.05) is 6.54 Å². The summed E-state index contributed by atoms with van der Waals surface area (Å²) in [7, 11) is 0. The van der Waals surface area contributed by atoms with E-state index in [1.54, 1.807) is 6.92 Å². The maximum atomic E-state index is 12.7. The predicted molar refractivity (Wildman–Crippen MR) is 102 cm³/mol. The minimum absolute atomic E-state index is 0.277. The number of carbonyl (C=O) groups excluding carboxylic acids is 4. The van der Waals surface area contributed by atoms with Gasteiger partial charge in [0.2, 0.25) is 0 Å². The van der Waals surface area contributed by atoms with Crippen molar-refractivity contribution in [1.82, 2.24) is 15.5 Å². The molecule has 2 N–H and O–H groups in total. The number of aryl methyl sites for hydroxylation is 1. The number of urea groups is 1. The van der Waals surface area contributed by atoms with Gasteiger partial charge in [-0.05, 0) is 31.2 Å². The fourth-order valence-corrected chi connectivity index (χ4v) is 2.79. The molecule has 1 aliphatic heterocycles. The molecule has 0 radical (unpaired) electrons. The minimum atomic E-state index is -1.08. The van der Waals surface area contributed by atoms with Crippen LogP contribution in [0.15, 0.2) is 30.3 Å². The molecule has 0 aliphatic carbocycles. The number of nitrogens with zero attached hydrogens (tertiary/aromatic N) is 1. The zero-order valence-electron chi connectivity index (χ0n) is 16.5. The molecule has 1 saturated heterocycles. The van der Waals surface area contributed by atoms with E-state index in [-0.39, 0.29) is 5.92 Å². The van der Waals surface area contributed by atoms with Gasteiger partial charge in [0.1, 0.15) is 12.1 Å². The number of benzene rings is 1. The molecule has 8 nitrogen and oxygen atoms in total. The highest BCUT2D eigenvalue weighted by atomic mass is 16.5. The molecule has 1 aromatic carbocycles. The number of ether oxygens (including phenoxy) is 1. The van der Waals surface area contributed by atoms with Crippen molar-refractivity contribution in [2.24, 2.45) is 5.92 Å². The lowest BCUT2D eigenvalue weighted by Crippen LogP contribution is -2.44. The van der Waals surface area contributed by atoms with E-state index in [1.165, 1.54) is 0 Å². The lowest BCUT2D eigenvalue weighted by Gasteiger charge is -2.21. The lowest BCUT2D eigenvalue weighted by atomic mass is 9.93.